The predicted molar refractivity (Wildman–Crippen MR) is 105 cm³/mol. The molecule has 0 radical (unpaired) electrons. The van der Waals surface area contributed by atoms with E-state index in [2.05, 4.69) is 40.4 Å². The summed E-state index contributed by atoms with van der Waals surface area (Å²) >= 11 is 0. The molecule has 2 aromatic carbocycles. The van der Waals surface area contributed by atoms with Crippen LogP contribution in [0.3, 0.4) is 0 Å². The Morgan fingerprint density at radius 2 is 1.80 bits per heavy atom. The number of methoxy groups -OCH3 is 1. The second-order valence-corrected chi connectivity index (χ2v) is 6.08. The molecule has 1 aromatic heterocycles. The van der Waals surface area contributed by atoms with E-state index in [-0.39, 0.29) is 0 Å². The Bertz CT molecular complexity index is 957. The number of hydrogen-bond donors (Lipinski definition) is 1. The third-order valence-electron chi connectivity index (χ3n) is 4.34. The lowest BCUT2D eigenvalue weighted by molar-refractivity contribution is 0.415. The summed E-state index contributed by atoms with van der Waals surface area (Å²) in [5, 5.41) is 1.01. The van der Waals surface area contributed by atoms with Gasteiger partial charge in [0.15, 0.2) is 0 Å². The Morgan fingerprint density at radius 3 is 2.40 bits per heavy atom. The molecule has 1 heterocycles. The van der Waals surface area contributed by atoms with E-state index in [0.717, 1.165) is 45.8 Å². The van der Waals surface area contributed by atoms with E-state index in [9.17, 15) is 0 Å². The first-order chi connectivity index (χ1) is 12.0. The average Bonchev–Trinajstić information content (AvgIpc) is 2.90. The molecule has 4 nitrogen and oxygen atoms in total. The highest BCUT2D eigenvalue weighted by Crippen LogP contribution is 2.31. The van der Waals surface area contributed by atoms with Crippen molar-refractivity contribution in [1.29, 1.82) is 0 Å². The third-order valence-corrected chi connectivity index (χ3v) is 4.34. The standard InChI is InChI=1S/C21H23N3O/c1-5-24-19(13-8-15-6-9-16(10-7-15)23(2)3)21(22)18-12-11-17(25-4)14-20(18)24/h6-7,9-12,14H,5,22H2,1-4H3. The maximum Gasteiger partial charge on any atom is 0.120 e. The van der Waals surface area contributed by atoms with E-state index in [0.29, 0.717) is 0 Å². The fourth-order valence-corrected chi connectivity index (χ4v) is 2.92. The predicted octanol–water partition coefficient (Wildman–Crippen LogP) is 3.72. The molecule has 25 heavy (non-hydrogen) atoms. The number of benzene rings is 2. The van der Waals surface area contributed by atoms with Crippen molar-refractivity contribution in [3.63, 3.8) is 0 Å². The summed E-state index contributed by atoms with van der Waals surface area (Å²) in [4.78, 5) is 2.07. The lowest BCUT2D eigenvalue weighted by Gasteiger charge is -2.11. The van der Waals surface area contributed by atoms with Gasteiger partial charge < -0.3 is 19.9 Å². The number of fused-ring (bicyclic) bond motifs is 1. The highest BCUT2D eigenvalue weighted by atomic mass is 16.5. The van der Waals surface area contributed by atoms with Gasteiger partial charge in [-0.1, -0.05) is 5.92 Å². The van der Waals surface area contributed by atoms with Crippen LogP contribution in [-0.4, -0.2) is 25.8 Å². The SMILES string of the molecule is CCn1c(C#Cc2ccc(N(C)C)cc2)c(N)c2ccc(OC)cc21. The number of rotatable bonds is 3. The molecule has 3 rings (SSSR count). The van der Waals surface area contributed by atoms with E-state index in [1.54, 1.807) is 7.11 Å². The number of anilines is 2. The molecule has 0 aliphatic carbocycles. The third kappa shape index (κ3) is 3.14. The summed E-state index contributed by atoms with van der Waals surface area (Å²) in [7, 11) is 5.71. The summed E-state index contributed by atoms with van der Waals surface area (Å²) < 4.78 is 7.47. The Kier molecular flexibility index (Phi) is 4.58. The van der Waals surface area contributed by atoms with Crippen LogP contribution in [0.4, 0.5) is 11.4 Å². The molecule has 2 N–H and O–H groups in total. The number of hydrogen-bond acceptors (Lipinski definition) is 3. The molecule has 0 fully saturated rings. The number of nitrogen functional groups attached to an aromatic ring is 1. The maximum absolute atomic E-state index is 6.36. The van der Waals surface area contributed by atoms with Crippen molar-refractivity contribution in [3.8, 4) is 17.6 Å². The van der Waals surface area contributed by atoms with E-state index >= 15 is 0 Å². The topological polar surface area (TPSA) is 43.4 Å². The van der Waals surface area contributed by atoms with E-state index in [1.165, 1.54) is 0 Å². The minimum atomic E-state index is 0.719. The van der Waals surface area contributed by atoms with Crippen LogP contribution in [0, 0.1) is 11.8 Å². The van der Waals surface area contributed by atoms with Crippen molar-refractivity contribution < 1.29 is 4.74 Å². The lowest BCUT2D eigenvalue weighted by Crippen LogP contribution is -2.07. The molecule has 0 bridgehead atoms. The minimum Gasteiger partial charge on any atom is -0.497 e. The zero-order chi connectivity index (χ0) is 18.0. The van der Waals surface area contributed by atoms with Crippen LogP contribution in [-0.2, 0) is 6.54 Å². The van der Waals surface area contributed by atoms with Crippen molar-refractivity contribution in [3.05, 3.63) is 53.7 Å². The van der Waals surface area contributed by atoms with E-state index in [1.807, 2.05) is 44.4 Å². The highest BCUT2D eigenvalue weighted by Gasteiger charge is 2.13. The first-order valence-electron chi connectivity index (χ1n) is 8.30. The Labute approximate surface area is 148 Å². The van der Waals surface area contributed by atoms with Crippen molar-refractivity contribution in [1.82, 2.24) is 4.57 Å². The van der Waals surface area contributed by atoms with Crippen LogP contribution in [0.1, 0.15) is 18.2 Å². The fraction of sp³-hybridized carbons (Fsp3) is 0.238. The summed E-state index contributed by atoms with van der Waals surface area (Å²) in [5.41, 5.74) is 11.1. The minimum absolute atomic E-state index is 0.719. The van der Waals surface area contributed by atoms with Crippen molar-refractivity contribution in [2.75, 3.05) is 31.8 Å². The van der Waals surface area contributed by atoms with Crippen LogP contribution >= 0.6 is 0 Å². The second-order valence-electron chi connectivity index (χ2n) is 6.08. The van der Waals surface area contributed by atoms with E-state index in [4.69, 9.17) is 10.5 Å². The normalized spacial score (nSPS) is 10.4. The largest absolute Gasteiger partial charge is 0.497 e. The molecular formula is C21H23N3O. The second kappa shape index (κ2) is 6.82. The molecule has 0 spiro atoms. The van der Waals surface area contributed by atoms with E-state index < -0.39 is 0 Å². The van der Waals surface area contributed by atoms with Gasteiger partial charge in [0.1, 0.15) is 11.4 Å². The molecule has 0 aliphatic rings. The molecule has 3 aromatic rings. The first kappa shape index (κ1) is 16.8. The molecule has 4 heteroatoms. The Balaban J connectivity index is 2.06. The molecule has 0 unspecified atom stereocenters. The van der Waals surface area contributed by atoms with Gasteiger partial charge in [0.2, 0.25) is 0 Å². The van der Waals surface area contributed by atoms with Crippen LogP contribution in [0.5, 0.6) is 5.75 Å². The molecule has 128 valence electrons. The fourth-order valence-electron chi connectivity index (χ4n) is 2.92. The Hall–Kier alpha value is -3.06. The van der Waals surface area contributed by atoms with Crippen molar-refractivity contribution in [2.45, 2.75) is 13.5 Å². The smallest absolute Gasteiger partial charge is 0.120 e. The van der Waals surface area contributed by atoms with Gasteiger partial charge >= 0.3 is 0 Å². The number of aromatic nitrogens is 1. The number of ether oxygens (including phenoxy) is 1. The molecule has 0 amide bonds. The maximum atomic E-state index is 6.36. The van der Waals surface area contributed by atoms with Gasteiger partial charge in [-0.3, -0.25) is 0 Å². The average molecular weight is 333 g/mol. The quantitative estimate of drug-likeness (QED) is 0.743. The van der Waals surface area contributed by atoms with Crippen LogP contribution in [0.25, 0.3) is 10.9 Å². The Morgan fingerprint density at radius 1 is 1.08 bits per heavy atom. The van der Waals surface area contributed by atoms with Gasteiger partial charge in [-0.2, -0.15) is 0 Å². The zero-order valence-electron chi connectivity index (χ0n) is 15.1. The zero-order valence-corrected chi connectivity index (χ0v) is 15.1. The molecule has 0 atom stereocenters. The van der Waals surface area contributed by atoms with Gasteiger partial charge in [0.05, 0.1) is 18.3 Å². The van der Waals surface area contributed by atoms with Gasteiger partial charge in [-0.25, -0.2) is 0 Å². The van der Waals surface area contributed by atoms with Gasteiger partial charge in [-0.05, 0) is 49.2 Å². The lowest BCUT2D eigenvalue weighted by atomic mass is 10.2. The van der Waals surface area contributed by atoms with Crippen LogP contribution < -0.4 is 15.4 Å². The molecule has 0 saturated carbocycles. The summed E-state index contributed by atoms with van der Waals surface area (Å²) in [6.07, 6.45) is 0. The number of aryl methyl sites for hydroxylation is 1. The van der Waals surface area contributed by atoms with Gasteiger partial charge in [0.25, 0.3) is 0 Å². The summed E-state index contributed by atoms with van der Waals surface area (Å²) in [5.74, 6) is 7.31. The monoisotopic (exact) mass is 333 g/mol. The highest BCUT2D eigenvalue weighted by molar-refractivity contribution is 5.96. The number of nitrogens with two attached hydrogens (primary N) is 1. The first-order valence-corrected chi connectivity index (χ1v) is 8.30. The van der Waals surface area contributed by atoms with Gasteiger partial charge in [-0.15, -0.1) is 0 Å². The van der Waals surface area contributed by atoms with Crippen LogP contribution in [0.15, 0.2) is 42.5 Å². The summed E-state index contributed by atoms with van der Waals surface area (Å²) in [6.45, 7) is 2.89. The molecule has 0 aliphatic heterocycles. The molecule has 0 saturated heterocycles. The molecular weight excluding hydrogens is 310 g/mol. The van der Waals surface area contributed by atoms with Gasteiger partial charge in [0, 0.05) is 43.3 Å². The summed E-state index contributed by atoms with van der Waals surface area (Å²) in [6, 6.07) is 14.1. The number of nitrogens with zero attached hydrogens (tertiary/aromatic N) is 2. The van der Waals surface area contributed by atoms with Crippen LogP contribution in [0.2, 0.25) is 0 Å². The van der Waals surface area contributed by atoms with Crippen molar-refractivity contribution in [2.24, 2.45) is 0 Å². The van der Waals surface area contributed by atoms with Crippen molar-refractivity contribution >= 4 is 22.3 Å².